The summed E-state index contributed by atoms with van der Waals surface area (Å²) in [4.78, 5) is 34.0. The van der Waals surface area contributed by atoms with Crippen molar-refractivity contribution in [2.45, 2.75) is 65.8 Å². The van der Waals surface area contributed by atoms with Crippen LogP contribution in [0.1, 0.15) is 59.3 Å². The summed E-state index contributed by atoms with van der Waals surface area (Å²) in [6.45, 7) is 3.85. The Morgan fingerprint density at radius 1 is 0.684 bits per heavy atom. The Bertz CT molecular complexity index is 252. The van der Waals surface area contributed by atoms with Crippen LogP contribution in [0.4, 0.5) is 0 Å². The monoisotopic (exact) mass is 274 g/mol. The summed E-state index contributed by atoms with van der Waals surface area (Å²) in [7, 11) is 0. The van der Waals surface area contributed by atoms with Crippen LogP contribution in [0.5, 0.6) is 0 Å². The van der Waals surface area contributed by atoms with Gasteiger partial charge >= 0.3 is 24.4 Å². The van der Waals surface area contributed by atoms with Crippen molar-refractivity contribution in [2.75, 3.05) is 0 Å². The highest BCUT2D eigenvalue weighted by molar-refractivity contribution is 5.73. The molecular formula is C13H22O6. The SMILES string of the molecule is CCCC(=O)OC(OC(=O)CCC)OC(=O)CCC. The zero-order valence-electron chi connectivity index (χ0n) is 11.8. The lowest BCUT2D eigenvalue weighted by Gasteiger charge is -2.17. The number of rotatable bonds is 9. The number of ether oxygens (including phenoxy) is 3. The summed E-state index contributed by atoms with van der Waals surface area (Å²) in [5.74, 6) is -1.71. The maximum absolute atomic E-state index is 11.3. The molecule has 0 rings (SSSR count). The number of carbonyl (C=O) groups excluding carboxylic acids is 3. The van der Waals surface area contributed by atoms with Crippen LogP contribution in [0.15, 0.2) is 0 Å². The van der Waals surface area contributed by atoms with Crippen molar-refractivity contribution in [3.63, 3.8) is 0 Å². The molecule has 0 atom stereocenters. The average Bonchev–Trinajstić information content (AvgIpc) is 2.29. The molecule has 110 valence electrons. The lowest BCUT2D eigenvalue weighted by molar-refractivity contribution is -0.257. The van der Waals surface area contributed by atoms with E-state index in [9.17, 15) is 14.4 Å². The summed E-state index contributed by atoms with van der Waals surface area (Å²) in [6.07, 6.45) is 2.31. The fourth-order valence-corrected chi connectivity index (χ4v) is 1.18. The van der Waals surface area contributed by atoms with Gasteiger partial charge in [-0.1, -0.05) is 20.8 Å². The van der Waals surface area contributed by atoms with Gasteiger partial charge in [-0.05, 0) is 19.3 Å². The normalized spacial score (nSPS) is 10.1. The van der Waals surface area contributed by atoms with Gasteiger partial charge in [0.2, 0.25) is 0 Å². The zero-order valence-corrected chi connectivity index (χ0v) is 11.8. The van der Waals surface area contributed by atoms with E-state index in [1.807, 2.05) is 20.8 Å². The standard InChI is InChI=1S/C13H22O6/c1-4-7-10(14)17-13(18-11(15)8-5-2)19-12(16)9-6-3/h13H,4-9H2,1-3H3. The predicted molar refractivity (Wildman–Crippen MR) is 66.8 cm³/mol. The summed E-state index contributed by atoms with van der Waals surface area (Å²) in [5, 5.41) is 0. The molecule has 0 aliphatic heterocycles. The first kappa shape index (κ1) is 17.4. The molecule has 0 aromatic carbocycles. The third kappa shape index (κ3) is 9.04. The number of hydrogen-bond donors (Lipinski definition) is 0. The summed E-state index contributed by atoms with van der Waals surface area (Å²) in [5.41, 5.74) is 0. The third-order valence-corrected chi connectivity index (χ3v) is 2.05. The molecule has 0 unspecified atom stereocenters. The van der Waals surface area contributed by atoms with Crippen molar-refractivity contribution in [3.05, 3.63) is 0 Å². The molecule has 0 aromatic heterocycles. The molecule has 0 aromatic rings. The molecule has 19 heavy (non-hydrogen) atoms. The van der Waals surface area contributed by atoms with E-state index >= 15 is 0 Å². The van der Waals surface area contributed by atoms with Gasteiger partial charge in [-0.15, -0.1) is 0 Å². The summed E-state index contributed by atoms with van der Waals surface area (Å²) in [6, 6.07) is 0. The minimum absolute atomic E-state index is 0.174. The topological polar surface area (TPSA) is 78.9 Å². The van der Waals surface area contributed by atoms with Crippen LogP contribution in [-0.2, 0) is 28.6 Å². The van der Waals surface area contributed by atoms with Gasteiger partial charge in [-0.3, -0.25) is 14.4 Å². The van der Waals surface area contributed by atoms with E-state index in [0.717, 1.165) is 0 Å². The highest BCUT2D eigenvalue weighted by atomic mass is 16.9. The lowest BCUT2D eigenvalue weighted by Crippen LogP contribution is -2.29. The first-order valence-electron chi connectivity index (χ1n) is 6.61. The fourth-order valence-electron chi connectivity index (χ4n) is 1.18. The minimum Gasteiger partial charge on any atom is -0.390 e. The van der Waals surface area contributed by atoms with Gasteiger partial charge in [-0.2, -0.15) is 0 Å². The van der Waals surface area contributed by atoms with Gasteiger partial charge in [0.25, 0.3) is 0 Å². The molecule has 0 radical (unpaired) electrons. The van der Waals surface area contributed by atoms with E-state index in [4.69, 9.17) is 14.2 Å². The molecule has 0 aliphatic rings. The van der Waals surface area contributed by atoms with Crippen LogP contribution in [0, 0.1) is 0 Å². The van der Waals surface area contributed by atoms with E-state index in [1.165, 1.54) is 0 Å². The molecule has 0 amide bonds. The maximum Gasteiger partial charge on any atom is 0.412 e. The number of hydrogen-bond acceptors (Lipinski definition) is 6. The van der Waals surface area contributed by atoms with Gasteiger partial charge in [-0.25, -0.2) is 0 Å². The predicted octanol–water partition coefficient (Wildman–Crippen LogP) is 2.30. The van der Waals surface area contributed by atoms with Crippen molar-refractivity contribution in [1.82, 2.24) is 0 Å². The van der Waals surface area contributed by atoms with Crippen LogP contribution in [0.2, 0.25) is 0 Å². The van der Waals surface area contributed by atoms with E-state index in [-0.39, 0.29) is 19.3 Å². The molecule has 0 aliphatic carbocycles. The molecule has 0 spiro atoms. The van der Waals surface area contributed by atoms with Crippen molar-refractivity contribution in [3.8, 4) is 0 Å². The van der Waals surface area contributed by atoms with Gasteiger partial charge in [0.15, 0.2) is 0 Å². The van der Waals surface area contributed by atoms with Crippen molar-refractivity contribution >= 4 is 17.9 Å². The molecule has 0 N–H and O–H groups in total. The Labute approximate surface area is 113 Å². The zero-order chi connectivity index (χ0) is 14.7. The van der Waals surface area contributed by atoms with E-state index in [1.54, 1.807) is 0 Å². The van der Waals surface area contributed by atoms with E-state index < -0.39 is 24.4 Å². The van der Waals surface area contributed by atoms with Crippen LogP contribution in [0.25, 0.3) is 0 Å². The van der Waals surface area contributed by atoms with Crippen LogP contribution in [-0.4, -0.2) is 24.4 Å². The lowest BCUT2D eigenvalue weighted by atomic mass is 10.3. The molecule has 0 saturated carbocycles. The second-order valence-corrected chi connectivity index (χ2v) is 4.01. The highest BCUT2D eigenvalue weighted by Gasteiger charge is 2.22. The Hall–Kier alpha value is -1.59. The highest BCUT2D eigenvalue weighted by Crippen LogP contribution is 2.06. The Balaban J connectivity index is 4.40. The van der Waals surface area contributed by atoms with Crippen LogP contribution < -0.4 is 0 Å². The fraction of sp³-hybridized carbons (Fsp3) is 0.769. The van der Waals surface area contributed by atoms with E-state index in [0.29, 0.717) is 19.3 Å². The Morgan fingerprint density at radius 2 is 0.947 bits per heavy atom. The van der Waals surface area contributed by atoms with Crippen LogP contribution in [0.3, 0.4) is 0 Å². The van der Waals surface area contributed by atoms with Crippen molar-refractivity contribution < 1.29 is 28.6 Å². The molecular weight excluding hydrogens is 252 g/mol. The van der Waals surface area contributed by atoms with Gasteiger partial charge in [0.1, 0.15) is 0 Å². The molecule has 6 nitrogen and oxygen atoms in total. The minimum atomic E-state index is -1.57. The van der Waals surface area contributed by atoms with E-state index in [2.05, 4.69) is 0 Å². The molecule has 6 heteroatoms. The Kier molecular flexibility index (Phi) is 9.48. The Morgan fingerprint density at radius 3 is 1.16 bits per heavy atom. The summed E-state index contributed by atoms with van der Waals surface area (Å²) < 4.78 is 14.4. The quantitative estimate of drug-likeness (QED) is 0.474. The molecule has 0 fully saturated rings. The average molecular weight is 274 g/mol. The molecule has 0 saturated heterocycles. The molecule has 0 heterocycles. The first-order chi connectivity index (χ1) is 9.03. The second kappa shape index (κ2) is 10.3. The van der Waals surface area contributed by atoms with Gasteiger partial charge < -0.3 is 14.2 Å². The first-order valence-corrected chi connectivity index (χ1v) is 6.61. The number of carbonyl (C=O) groups is 3. The third-order valence-electron chi connectivity index (χ3n) is 2.05. The number of esters is 3. The maximum atomic E-state index is 11.3. The van der Waals surface area contributed by atoms with Crippen LogP contribution >= 0.6 is 0 Å². The van der Waals surface area contributed by atoms with Crippen molar-refractivity contribution in [2.24, 2.45) is 0 Å². The van der Waals surface area contributed by atoms with Gasteiger partial charge in [0, 0.05) is 19.3 Å². The van der Waals surface area contributed by atoms with Gasteiger partial charge in [0.05, 0.1) is 0 Å². The second-order valence-electron chi connectivity index (χ2n) is 4.01. The smallest absolute Gasteiger partial charge is 0.390 e. The summed E-state index contributed by atoms with van der Waals surface area (Å²) >= 11 is 0. The largest absolute Gasteiger partial charge is 0.412 e. The molecule has 0 bridgehead atoms. The van der Waals surface area contributed by atoms with Crippen molar-refractivity contribution in [1.29, 1.82) is 0 Å².